The molecule has 1 amide bonds. The topological polar surface area (TPSA) is 46.1 Å². The molecule has 0 bridgehead atoms. The molecule has 0 atom stereocenters. The minimum absolute atomic E-state index is 0.0530. The maximum Gasteiger partial charge on any atom is 0.260 e. The third-order valence-corrected chi connectivity index (χ3v) is 3.17. The van der Waals surface area contributed by atoms with Gasteiger partial charge in [-0.25, -0.2) is 4.98 Å². The van der Waals surface area contributed by atoms with Gasteiger partial charge in [-0.3, -0.25) is 14.7 Å². The van der Waals surface area contributed by atoms with Crippen LogP contribution in [0.25, 0.3) is 0 Å². The maximum absolute atomic E-state index is 12.3. The Hall–Kier alpha value is -2.23. The van der Waals surface area contributed by atoms with E-state index in [0.717, 1.165) is 5.56 Å². The van der Waals surface area contributed by atoms with Gasteiger partial charge in [-0.05, 0) is 29.2 Å². The van der Waals surface area contributed by atoms with Crippen molar-refractivity contribution in [1.82, 2.24) is 9.97 Å². The van der Waals surface area contributed by atoms with Gasteiger partial charge in [0.1, 0.15) is 5.82 Å². The minimum atomic E-state index is -0.117. The van der Waals surface area contributed by atoms with Crippen LogP contribution in [0.1, 0.15) is 36.7 Å². The monoisotopic (exact) mass is 269 g/mol. The van der Waals surface area contributed by atoms with Gasteiger partial charge < -0.3 is 0 Å². The van der Waals surface area contributed by atoms with Crippen molar-refractivity contribution >= 4 is 11.7 Å². The number of hydrogen-bond acceptors (Lipinski definition) is 3. The van der Waals surface area contributed by atoms with Crippen molar-refractivity contribution in [2.45, 2.75) is 26.2 Å². The molecule has 0 fully saturated rings. The first-order valence-corrected chi connectivity index (χ1v) is 6.54. The lowest BCUT2D eigenvalue weighted by Gasteiger charge is -2.21. The third kappa shape index (κ3) is 3.02. The Balaban J connectivity index is 2.22. The van der Waals surface area contributed by atoms with Crippen LogP contribution in [0, 0.1) is 0 Å². The SMILES string of the molecule is CN(C(=O)c1cccnc1)c1ccc(C(C)(C)C)cn1. The molecular weight excluding hydrogens is 250 g/mol. The maximum atomic E-state index is 12.3. The van der Waals surface area contributed by atoms with Gasteiger partial charge in [-0.1, -0.05) is 26.8 Å². The second kappa shape index (κ2) is 5.41. The molecule has 2 aromatic rings. The van der Waals surface area contributed by atoms with Gasteiger partial charge in [0.15, 0.2) is 0 Å². The molecule has 20 heavy (non-hydrogen) atoms. The molecule has 104 valence electrons. The van der Waals surface area contributed by atoms with Crippen LogP contribution in [0.2, 0.25) is 0 Å². The number of hydrogen-bond donors (Lipinski definition) is 0. The summed E-state index contributed by atoms with van der Waals surface area (Å²) in [6, 6.07) is 7.37. The van der Waals surface area contributed by atoms with E-state index in [0.29, 0.717) is 11.4 Å². The van der Waals surface area contributed by atoms with Crippen LogP contribution >= 0.6 is 0 Å². The molecule has 2 aromatic heterocycles. The van der Waals surface area contributed by atoms with Crippen LogP contribution in [0.3, 0.4) is 0 Å². The number of amides is 1. The largest absolute Gasteiger partial charge is 0.296 e. The molecule has 0 unspecified atom stereocenters. The summed E-state index contributed by atoms with van der Waals surface area (Å²) in [6.07, 6.45) is 5.03. The van der Waals surface area contributed by atoms with Crippen molar-refractivity contribution in [2.75, 3.05) is 11.9 Å². The number of aromatic nitrogens is 2. The fourth-order valence-electron chi connectivity index (χ4n) is 1.82. The Bertz CT molecular complexity index is 585. The van der Waals surface area contributed by atoms with Gasteiger partial charge in [-0.2, -0.15) is 0 Å². The van der Waals surface area contributed by atoms with E-state index < -0.39 is 0 Å². The fraction of sp³-hybridized carbons (Fsp3) is 0.312. The molecule has 0 aromatic carbocycles. The van der Waals surface area contributed by atoms with Crippen molar-refractivity contribution in [1.29, 1.82) is 0 Å². The van der Waals surface area contributed by atoms with Crippen LogP contribution < -0.4 is 4.90 Å². The third-order valence-electron chi connectivity index (χ3n) is 3.17. The lowest BCUT2D eigenvalue weighted by Crippen LogP contribution is -2.27. The van der Waals surface area contributed by atoms with E-state index >= 15 is 0 Å². The second-order valence-corrected chi connectivity index (χ2v) is 5.76. The molecule has 0 aliphatic carbocycles. The van der Waals surface area contributed by atoms with Crippen molar-refractivity contribution in [2.24, 2.45) is 0 Å². The first-order chi connectivity index (χ1) is 9.39. The zero-order chi connectivity index (χ0) is 14.8. The van der Waals surface area contributed by atoms with E-state index in [4.69, 9.17) is 0 Å². The molecule has 0 saturated heterocycles. The van der Waals surface area contributed by atoms with Crippen LogP contribution in [0.5, 0.6) is 0 Å². The lowest BCUT2D eigenvalue weighted by atomic mass is 9.88. The molecule has 2 rings (SSSR count). The van der Waals surface area contributed by atoms with Crippen molar-refractivity contribution in [3.63, 3.8) is 0 Å². The highest BCUT2D eigenvalue weighted by Gasteiger charge is 2.17. The molecule has 0 radical (unpaired) electrons. The van der Waals surface area contributed by atoms with Crippen molar-refractivity contribution in [3.05, 3.63) is 54.0 Å². The van der Waals surface area contributed by atoms with Crippen LogP contribution in [-0.4, -0.2) is 22.9 Å². The molecule has 0 saturated carbocycles. The number of anilines is 1. The zero-order valence-corrected chi connectivity index (χ0v) is 12.3. The molecule has 0 N–H and O–H groups in total. The number of pyridine rings is 2. The molecule has 0 aliphatic rings. The van der Waals surface area contributed by atoms with Gasteiger partial charge in [0.25, 0.3) is 5.91 Å². The predicted molar refractivity (Wildman–Crippen MR) is 79.9 cm³/mol. The highest BCUT2D eigenvalue weighted by molar-refractivity contribution is 6.04. The molecule has 2 heterocycles. The Morgan fingerprint density at radius 1 is 1.15 bits per heavy atom. The number of nitrogens with zero attached hydrogens (tertiary/aromatic N) is 3. The fourth-order valence-corrected chi connectivity index (χ4v) is 1.82. The Morgan fingerprint density at radius 3 is 2.40 bits per heavy atom. The summed E-state index contributed by atoms with van der Waals surface area (Å²) in [5.74, 6) is 0.515. The Kier molecular flexibility index (Phi) is 3.84. The van der Waals surface area contributed by atoms with Gasteiger partial charge >= 0.3 is 0 Å². The summed E-state index contributed by atoms with van der Waals surface area (Å²) in [5.41, 5.74) is 1.75. The summed E-state index contributed by atoms with van der Waals surface area (Å²) in [7, 11) is 1.72. The van der Waals surface area contributed by atoms with Crippen LogP contribution in [0.4, 0.5) is 5.82 Å². The summed E-state index contributed by atoms with van der Waals surface area (Å²) >= 11 is 0. The molecular formula is C16H19N3O. The first kappa shape index (κ1) is 14.2. The first-order valence-electron chi connectivity index (χ1n) is 6.54. The van der Waals surface area contributed by atoms with Gasteiger partial charge in [0, 0.05) is 25.6 Å². The number of carbonyl (C=O) groups excluding carboxylic acids is 1. The second-order valence-electron chi connectivity index (χ2n) is 5.76. The molecule has 4 nitrogen and oxygen atoms in total. The highest BCUT2D eigenvalue weighted by atomic mass is 16.2. The average molecular weight is 269 g/mol. The molecule has 0 spiro atoms. The van der Waals surface area contributed by atoms with E-state index in [1.165, 1.54) is 4.90 Å². The van der Waals surface area contributed by atoms with Gasteiger partial charge in [0.05, 0.1) is 5.56 Å². The van der Waals surface area contributed by atoms with E-state index in [2.05, 4.69) is 30.7 Å². The normalized spacial score (nSPS) is 11.2. The van der Waals surface area contributed by atoms with E-state index in [9.17, 15) is 4.79 Å². The van der Waals surface area contributed by atoms with E-state index in [1.54, 1.807) is 31.6 Å². The summed E-state index contributed by atoms with van der Waals surface area (Å²) in [4.78, 5) is 22.1. The Labute approximate surface area is 119 Å². The van der Waals surface area contributed by atoms with Crippen molar-refractivity contribution < 1.29 is 4.79 Å². The number of carbonyl (C=O) groups is 1. The smallest absolute Gasteiger partial charge is 0.260 e. The summed E-state index contributed by atoms with van der Waals surface area (Å²) in [5, 5.41) is 0. The highest BCUT2D eigenvalue weighted by Crippen LogP contribution is 2.23. The zero-order valence-electron chi connectivity index (χ0n) is 12.3. The van der Waals surface area contributed by atoms with Gasteiger partial charge in [-0.15, -0.1) is 0 Å². The summed E-state index contributed by atoms with van der Waals surface area (Å²) < 4.78 is 0. The van der Waals surface area contributed by atoms with E-state index in [1.807, 2.05) is 18.3 Å². The Morgan fingerprint density at radius 2 is 1.90 bits per heavy atom. The minimum Gasteiger partial charge on any atom is -0.296 e. The average Bonchev–Trinajstić information content (AvgIpc) is 2.46. The van der Waals surface area contributed by atoms with Crippen molar-refractivity contribution in [3.8, 4) is 0 Å². The predicted octanol–water partition coefficient (Wildman–Crippen LogP) is 3.05. The molecule has 0 aliphatic heterocycles. The number of rotatable bonds is 2. The quantitative estimate of drug-likeness (QED) is 0.841. The van der Waals surface area contributed by atoms with Crippen LogP contribution in [-0.2, 0) is 5.41 Å². The molecule has 4 heteroatoms. The standard InChI is InChI=1S/C16H19N3O/c1-16(2,3)13-7-8-14(18-11-13)19(4)15(20)12-6-5-9-17-10-12/h5-11H,1-4H3. The van der Waals surface area contributed by atoms with E-state index in [-0.39, 0.29) is 11.3 Å². The van der Waals surface area contributed by atoms with Crippen LogP contribution in [0.15, 0.2) is 42.9 Å². The lowest BCUT2D eigenvalue weighted by molar-refractivity contribution is 0.0992. The van der Waals surface area contributed by atoms with Gasteiger partial charge in [0.2, 0.25) is 0 Å². The summed E-state index contributed by atoms with van der Waals surface area (Å²) in [6.45, 7) is 6.40.